The number of nitrogens with zero attached hydrogens (tertiary/aromatic N) is 3. The first-order chi connectivity index (χ1) is 26.4. The van der Waals surface area contributed by atoms with Gasteiger partial charge in [-0.05, 0) is 54.2 Å². The summed E-state index contributed by atoms with van der Waals surface area (Å²) in [5.41, 5.74) is 3.65. The summed E-state index contributed by atoms with van der Waals surface area (Å²) in [4.78, 5) is 76.0. The molecule has 0 aliphatic rings. The van der Waals surface area contributed by atoms with Crippen LogP contribution in [-0.2, 0) is 19.6 Å². The van der Waals surface area contributed by atoms with Gasteiger partial charge in [0.05, 0.1) is 83.1 Å². The van der Waals surface area contributed by atoms with E-state index in [1.54, 1.807) is 0 Å². The summed E-state index contributed by atoms with van der Waals surface area (Å²) in [6, 6.07) is 0. The number of benzene rings is 1. The molecule has 0 saturated heterocycles. The molecule has 0 aliphatic carbocycles. The predicted octanol–water partition coefficient (Wildman–Crippen LogP) is 1.76. The Morgan fingerprint density at radius 1 is 0.333 bits per heavy atom. The molecule has 0 aromatic heterocycles. The van der Waals surface area contributed by atoms with Crippen molar-refractivity contribution >= 4 is 34.1 Å². The first-order valence-electron chi connectivity index (χ1n) is 19.9. The molecule has 6 N–H and O–H groups in total. The molecule has 0 atom stereocenters. The monoisotopic (exact) mass is 793 g/mol. The van der Waals surface area contributed by atoms with Crippen LogP contribution >= 0.6 is 0 Å². The third-order valence-corrected chi connectivity index (χ3v) is 10.7. The minimum Gasteiger partial charge on any atom is -0.380 e. The lowest BCUT2D eigenvalue weighted by Gasteiger charge is -2.26. The highest BCUT2D eigenvalue weighted by Crippen LogP contribution is 2.31. The second-order valence-electron chi connectivity index (χ2n) is 18.5. The van der Waals surface area contributed by atoms with E-state index in [9.17, 15) is 28.8 Å². The Labute approximate surface area is 335 Å². The van der Waals surface area contributed by atoms with Crippen LogP contribution in [0.5, 0.6) is 0 Å². The first-order valence-corrected chi connectivity index (χ1v) is 19.9. The molecule has 57 heavy (non-hydrogen) atoms. The Bertz CT molecular complexity index is 2010. The van der Waals surface area contributed by atoms with Crippen LogP contribution in [0.3, 0.4) is 0 Å². The van der Waals surface area contributed by atoms with Gasteiger partial charge in [-0.1, -0.05) is 0 Å². The van der Waals surface area contributed by atoms with Gasteiger partial charge in [0.1, 0.15) is 34.1 Å². The maximum absolute atomic E-state index is 12.8. The van der Waals surface area contributed by atoms with Crippen molar-refractivity contribution in [3.8, 4) is 0 Å². The van der Waals surface area contributed by atoms with Crippen LogP contribution in [0.2, 0.25) is 0 Å². The molecule has 4 aromatic carbocycles. The predicted molar refractivity (Wildman–Crippen MR) is 235 cm³/mol. The Morgan fingerprint density at radius 2 is 0.526 bits per heavy atom. The molecule has 4 aromatic rings. The number of hydrogen-bond acceptors (Lipinski definition) is 12. The highest BCUT2D eigenvalue weighted by Gasteiger charge is 2.26. The van der Waals surface area contributed by atoms with Crippen molar-refractivity contribution in [1.82, 2.24) is 0 Å². The maximum atomic E-state index is 12.8. The summed E-state index contributed by atoms with van der Waals surface area (Å²) in [6.07, 6.45) is 2.46. The lowest BCUT2D eigenvalue weighted by Crippen LogP contribution is -2.39. The summed E-state index contributed by atoms with van der Waals surface area (Å²) >= 11 is 0. The van der Waals surface area contributed by atoms with Crippen LogP contribution in [0, 0.1) is 20.8 Å². The zero-order chi connectivity index (χ0) is 42.6. The zero-order valence-electron chi connectivity index (χ0n) is 36.3. The van der Waals surface area contributed by atoms with E-state index in [0.717, 1.165) is 85.7 Å². The Balaban J connectivity index is 1.61. The number of quaternary nitrogens is 3. The minimum atomic E-state index is -0.571. The average Bonchev–Trinajstić information content (AvgIpc) is 3.12. The van der Waals surface area contributed by atoms with E-state index in [1.165, 1.54) is 0 Å². The molecule has 15 nitrogen and oxygen atoms in total. The Morgan fingerprint density at radius 3 is 0.719 bits per heavy atom. The smallest absolute Gasteiger partial charge is 0.253 e. The number of nitrogens with one attached hydrogen (secondary N) is 6. The van der Waals surface area contributed by atoms with Gasteiger partial charge in [0, 0.05) is 58.5 Å². The van der Waals surface area contributed by atoms with Gasteiger partial charge in [-0.3, -0.25) is 28.8 Å². The fourth-order valence-corrected chi connectivity index (χ4v) is 7.20. The van der Waals surface area contributed by atoms with Crippen molar-refractivity contribution < 1.29 is 13.4 Å². The van der Waals surface area contributed by atoms with Crippen LogP contribution in [-0.4, -0.2) is 116 Å². The third kappa shape index (κ3) is 11.0. The highest BCUT2D eigenvalue weighted by atomic mass is 16.2. The first kappa shape index (κ1) is 44.8. The number of anilines is 6. The van der Waals surface area contributed by atoms with Gasteiger partial charge < -0.3 is 45.3 Å². The average molecular weight is 793 g/mol. The van der Waals surface area contributed by atoms with E-state index in [0.29, 0.717) is 19.6 Å². The molecular formula is C42H66N9O6+3. The maximum Gasteiger partial charge on any atom is 0.253 e. The lowest BCUT2D eigenvalue weighted by molar-refractivity contribution is -0.870. The molecule has 0 spiro atoms. The largest absolute Gasteiger partial charge is 0.380 e. The van der Waals surface area contributed by atoms with Crippen LogP contribution in [0.15, 0.2) is 28.8 Å². The number of rotatable bonds is 24. The molecule has 0 saturated carbocycles. The standard InChI is InChI=1S/C42H63N9O6/c1-25-28(22-46-34-31(37(52)40(34)55)43-16-13-19-49(4,5)6)26(2)30(24-48-36-33(39(54)42(36)57)45-18-15-21-51(10,11)12)27(3)29(25)23-47-35-32(38(53)41(35)56)44-17-14-20-50(7,8)9/h13-24H2,1-12H3,(H3-3,43,44,45,46,47,48,52,53,54,55,56,57)/p+3. The lowest BCUT2D eigenvalue weighted by atomic mass is 9.87. The Hall–Kier alpha value is -4.86. The highest BCUT2D eigenvalue weighted by molar-refractivity contribution is 5.76. The summed E-state index contributed by atoms with van der Waals surface area (Å²) in [6.45, 7) is 11.0. The quantitative estimate of drug-likeness (QED) is 0.0346. The minimum absolute atomic E-state index is 0.231. The topological polar surface area (TPSA) is 175 Å². The van der Waals surface area contributed by atoms with E-state index in [1.807, 2.05) is 20.8 Å². The SMILES string of the molecule is Cc1c(CNc2c(NCCC[N+](C)(C)C)c(=O)c2=O)c(C)c(CNc2c(NCCC[N+](C)(C)C)c(=O)c2=O)c(C)c1CNc1c(NCCC[N+](C)(C)C)c(=O)c1=O. The zero-order valence-corrected chi connectivity index (χ0v) is 36.3. The van der Waals surface area contributed by atoms with Crippen LogP contribution in [0.4, 0.5) is 34.1 Å². The van der Waals surface area contributed by atoms with Gasteiger partial charge in [-0.2, -0.15) is 0 Å². The van der Waals surface area contributed by atoms with Gasteiger partial charge in [-0.15, -0.1) is 0 Å². The second kappa shape index (κ2) is 17.7. The van der Waals surface area contributed by atoms with E-state index >= 15 is 0 Å². The molecule has 0 unspecified atom stereocenters. The van der Waals surface area contributed by atoms with Gasteiger partial charge in [-0.25, -0.2) is 0 Å². The van der Waals surface area contributed by atoms with Crippen molar-refractivity contribution in [2.45, 2.75) is 59.7 Å². The van der Waals surface area contributed by atoms with Gasteiger partial charge >= 0.3 is 0 Å². The molecule has 0 amide bonds. The van der Waals surface area contributed by atoms with Crippen LogP contribution in [0.1, 0.15) is 52.6 Å². The summed E-state index contributed by atoms with van der Waals surface area (Å²) < 4.78 is 2.35. The fourth-order valence-electron chi connectivity index (χ4n) is 7.20. The molecule has 0 heterocycles. The number of hydrogen-bond donors (Lipinski definition) is 6. The molecule has 312 valence electrons. The van der Waals surface area contributed by atoms with Gasteiger partial charge in [0.25, 0.3) is 32.6 Å². The summed E-state index contributed by atoms with van der Waals surface area (Å²) in [7, 11) is 18.9. The van der Waals surface area contributed by atoms with Crippen LogP contribution in [0.25, 0.3) is 0 Å². The molecule has 15 heteroatoms. The summed E-state index contributed by atoms with van der Waals surface area (Å²) in [5, 5.41) is 19.2. The van der Waals surface area contributed by atoms with Crippen molar-refractivity contribution in [2.75, 3.05) is 135 Å². The fraction of sp³-hybridized carbons (Fsp3) is 0.571. The van der Waals surface area contributed by atoms with Crippen molar-refractivity contribution in [3.05, 3.63) is 94.7 Å². The van der Waals surface area contributed by atoms with Crippen LogP contribution < -0.4 is 64.5 Å². The van der Waals surface area contributed by atoms with Crippen molar-refractivity contribution in [3.63, 3.8) is 0 Å². The molecular weight excluding hydrogens is 727 g/mol. The normalized spacial score (nSPS) is 12.4. The molecule has 0 aliphatic heterocycles. The van der Waals surface area contributed by atoms with E-state index < -0.39 is 32.6 Å². The van der Waals surface area contributed by atoms with Crippen molar-refractivity contribution in [2.24, 2.45) is 0 Å². The molecule has 4 rings (SSSR count). The van der Waals surface area contributed by atoms with E-state index in [4.69, 9.17) is 0 Å². The third-order valence-electron chi connectivity index (χ3n) is 10.7. The molecule has 0 fully saturated rings. The summed E-state index contributed by atoms with van der Waals surface area (Å²) in [5.74, 6) is 0. The molecule has 0 bridgehead atoms. The van der Waals surface area contributed by atoms with Gasteiger partial charge in [0.15, 0.2) is 0 Å². The van der Waals surface area contributed by atoms with Crippen molar-refractivity contribution in [1.29, 1.82) is 0 Å². The molecule has 0 radical (unpaired) electrons. The second-order valence-corrected chi connectivity index (χ2v) is 18.5. The van der Waals surface area contributed by atoms with E-state index in [-0.39, 0.29) is 53.8 Å². The van der Waals surface area contributed by atoms with Gasteiger partial charge in [0.2, 0.25) is 0 Å². The Kier molecular flexibility index (Phi) is 14.0. The van der Waals surface area contributed by atoms with E-state index in [2.05, 4.69) is 95.3 Å².